The molecule has 10 heteroatoms. The molecule has 1 aromatic rings. The topological polar surface area (TPSA) is 79.4 Å². The molecule has 0 saturated carbocycles. The quantitative estimate of drug-likeness (QED) is 0.657. The molecule has 32 heavy (non-hydrogen) atoms. The molecule has 5 rings (SSSR count). The van der Waals surface area contributed by atoms with Crippen molar-refractivity contribution >= 4 is 27.7 Å². The molecular formula is C22H30ClN3O5S. The molecule has 0 aliphatic carbocycles. The second kappa shape index (κ2) is 9.10. The van der Waals surface area contributed by atoms with Crippen molar-refractivity contribution in [3.63, 3.8) is 0 Å². The van der Waals surface area contributed by atoms with Crippen molar-refractivity contribution in [2.45, 2.75) is 55.1 Å². The van der Waals surface area contributed by atoms with Crippen LogP contribution in [0.4, 0.5) is 4.79 Å². The van der Waals surface area contributed by atoms with E-state index in [-0.39, 0.29) is 24.8 Å². The second-order valence-corrected chi connectivity index (χ2v) is 11.3. The Labute approximate surface area is 194 Å². The number of rotatable bonds is 3. The lowest BCUT2D eigenvalue weighted by Gasteiger charge is -2.40. The van der Waals surface area contributed by atoms with Crippen LogP contribution < -0.4 is 0 Å². The first-order valence-electron chi connectivity index (χ1n) is 11.5. The van der Waals surface area contributed by atoms with E-state index in [9.17, 15) is 13.2 Å². The largest absolute Gasteiger partial charge is 0.448 e. The summed E-state index contributed by atoms with van der Waals surface area (Å²) in [5, 5.41) is 0.536. The Balaban J connectivity index is 1.23. The highest BCUT2D eigenvalue weighted by Gasteiger charge is 2.48. The minimum absolute atomic E-state index is 0.0784. The van der Waals surface area contributed by atoms with Gasteiger partial charge >= 0.3 is 6.09 Å². The van der Waals surface area contributed by atoms with Crippen molar-refractivity contribution in [1.82, 2.24) is 14.1 Å². The van der Waals surface area contributed by atoms with Gasteiger partial charge in [0.25, 0.3) is 0 Å². The lowest BCUT2D eigenvalue weighted by atomic mass is 9.94. The van der Waals surface area contributed by atoms with Crippen LogP contribution in [0.25, 0.3) is 0 Å². The zero-order valence-corrected chi connectivity index (χ0v) is 19.7. The maximum atomic E-state index is 13.2. The van der Waals surface area contributed by atoms with Gasteiger partial charge in [-0.3, -0.25) is 4.90 Å². The Morgan fingerprint density at radius 1 is 1.12 bits per heavy atom. The lowest BCUT2D eigenvalue weighted by molar-refractivity contribution is -0.00512. The number of benzene rings is 1. The summed E-state index contributed by atoms with van der Waals surface area (Å²) >= 11 is 6.14. The molecule has 176 valence electrons. The Hall–Kier alpha value is -1.39. The van der Waals surface area contributed by atoms with Crippen LogP contribution in [0.1, 0.15) is 43.7 Å². The van der Waals surface area contributed by atoms with Crippen molar-refractivity contribution in [1.29, 1.82) is 0 Å². The van der Waals surface area contributed by atoms with E-state index >= 15 is 0 Å². The summed E-state index contributed by atoms with van der Waals surface area (Å²) < 4.78 is 39.1. The zero-order chi connectivity index (χ0) is 22.3. The first kappa shape index (κ1) is 22.4. The van der Waals surface area contributed by atoms with Crippen LogP contribution in [-0.4, -0.2) is 86.7 Å². The van der Waals surface area contributed by atoms with Crippen molar-refractivity contribution < 1.29 is 22.7 Å². The maximum absolute atomic E-state index is 13.2. The SMILES string of the molecule is O=C(OC[C@H]1CCC[C@H]2c3cc(Cl)ccc3S(=O)(=O)N12)N1CCCC(N2CCOCC2)C1. The number of sulfonamides is 1. The number of hydrogen-bond acceptors (Lipinski definition) is 6. The highest BCUT2D eigenvalue weighted by molar-refractivity contribution is 7.89. The predicted molar refractivity (Wildman–Crippen MR) is 119 cm³/mol. The van der Waals surface area contributed by atoms with E-state index in [0.717, 1.165) is 57.6 Å². The van der Waals surface area contributed by atoms with E-state index in [1.165, 1.54) is 0 Å². The van der Waals surface area contributed by atoms with Crippen LogP contribution in [0.3, 0.4) is 0 Å². The summed E-state index contributed by atoms with van der Waals surface area (Å²) in [5.74, 6) is 0. The molecule has 1 unspecified atom stereocenters. The Morgan fingerprint density at radius 3 is 2.75 bits per heavy atom. The molecule has 0 bridgehead atoms. The number of carbonyl (C=O) groups is 1. The molecule has 3 fully saturated rings. The molecule has 4 heterocycles. The number of carbonyl (C=O) groups excluding carboxylic acids is 1. The number of ether oxygens (including phenoxy) is 2. The normalized spacial score (nSPS) is 30.5. The van der Waals surface area contributed by atoms with Crippen LogP contribution in [0.15, 0.2) is 23.1 Å². The minimum Gasteiger partial charge on any atom is -0.448 e. The maximum Gasteiger partial charge on any atom is 0.409 e. The molecule has 8 nitrogen and oxygen atoms in total. The summed E-state index contributed by atoms with van der Waals surface area (Å²) in [6.45, 7) is 4.68. The molecule has 0 aromatic heterocycles. The summed E-state index contributed by atoms with van der Waals surface area (Å²) in [7, 11) is -3.62. The fraction of sp³-hybridized carbons (Fsp3) is 0.682. The molecule has 4 aliphatic rings. The Kier molecular flexibility index (Phi) is 6.37. The third-order valence-electron chi connectivity index (χ3n) is 7.18. The van der Waals surface area contributed by atoms with Crippen molar-refractivity contribution in [3.05, 3.63) is 28.8 Å². The molecule has 1 amide bonds. The van der Waals surface area contributed by atoms with Gasteiger partial charge < -0.3 is 14.4 Å². The van der Waals surface area contributed by atoms with E-state index in [4.69, 9.17) is 21.1 Å². The molecular weight excluding hydrogens is 454 g/mol. The minimum atomic E-state index is -3.62. The first-order valence-corrected chi connectivity index (χ1v) is 13.3. The van der Waals surface area contributed by atoms with Crippen LogP contribution in [0.2, 0.25) is 5.02 Å². The van der Waals surface area contributed by atoms with Gasteiger partial charge in [0.15, 0.2) is 0 Å². The van der Waals surface area contributed by atoms with E-state index in [1.54, 1.807) is 27.4 Å². The van der Waals surface area contributed by atoms with E-state index < -0.39 is 10.0 Å². The summed E-state index contributed by atoms with van der Waals surface area (Å²) in [4.78, 5) is 17.4. The molecule has 1 aromatic carbocycles. The van der Waals surface area contributed by atoms with Crippen LogP contribution in [0, 0.1) is 0 Å². The first-order chi connectivity index (χ1) is 15.4. The third-order valence-corrected chi connectivity index (χ3v) is 9.45. The van der Waals surface area contributed by atoms with E-state index in [2.05, 4.69) is 4.90 Å². The van der Waals surface area contributed by atoms with E-state index in [0.29, 0.717) is 35.5 Å². The lowest BCUT2D eigenvalue weighted by Crippen LogP contribution is -2.53. The second-order valence-electron chi connectivity index (χ2n) is 9.08. The van der Waals surface area contributed by atoms with Crippen molar-refractivity contribution in [2.75, 3.05) is 46.0 Å². The van der Waals surface area contributed by atoms with Gasteiger partial charge in [0.05, 0.1) is 30.2 Å². The monoisotopic (exact) mass is 483 g/mol. The average Bonchev–Trinajstić information content (AvgIpc) is 3.05. The van der Waals surface area contributed by atoms with Gasteiger partial charge in [-0.1, -0.05) is 11.6 Å². The van der Waals surface area contributed by atoms with E-state index in [1.807, 2.05) is 0 Å². The van der Waals surface area contributed by atoms with Gasteiger partial charge in [0.1, 0.15) is 6.61 Å². The van der Waals surface area contributed by atoms with Gasteiger partial charge in [-0.25, -0.2) is 13.2 Å². The van der Waals surface area contributed by atoms with Gasteiger partial charge in [-0.2, -0.15) is 4.31 Å². The highest BCUT2D eigenvalue weighted by Crippen LogP contribution is 2.47. The number of likely N-dealkylation sites (tertiary alicyclic amines) is 1. The number of amides is 1. The van der Waals surface area contributed by atoms with Crippen molar-refractivity contribution in [2.24, 2.45) is 0 Å². The molecule has 3 atom stereocenters. The molecule has 0 spiro atoms. The van der Waals surface area contributed by atoms with Crippen LogP contribution in [-0.2, 0) is 19.5 Å². The number of piperidine rings is 2. The van der Waals surface area contributed by atoms with Gasteiger partial charge in [0.2, 0.25) is 10.0 Å². The fourth-order valence-corrected chi connectivity index (χ4v) is 7.87. The summed E-state index contributed by atoms with van der Waals surface area (Å²) in [6.07, 6.45) is 3.99. The van der Waals surface area contributed by atoms with Gasteiger partial charge in [0, 0.05) is 37.2 Å². The van der Waals surface area contributed by atoms with Crippen molar-refractivity contribution in [3.8, 4) is 0 Å². The number of hydrogen-bond donors (Lipinski definition) is 0. The van der Waals surface area contributed by atoms with Crippen LogP contribution in [0.5, 0.6) is 0 Å². The Bertz CT molecular complexity index is 968. The summed E-state index contributed by atoms with van der Waals surface area (Å²) in [5.41, 5.74) is 0.762. The smallest absolute Gasteiger partial charge is 0.409 e. The van der Waals surface area contributed by atoms with Gasteiger partial charge in [-0.15, -0.1) is 0 Å². The number of morpholine rings is 1. The summed E-state index contributed by atoms with van der Waals surface area (Å²) in [6, 6.07) is 4.71. The predicted octanol–water partition coefficient (Wildman–Crippen LogP) is 2.87. The molecule has 4 aliphatic heterocycles. The molecule has 3 saturated heterocycles. The number of halogens is 1. The molecule has 0 radical (unpaired) electrons. The zero-order valence-electron chi connectivity index (χ0n) is 18.1. The highest BCUT2D eigenvalue weighted by atomic mass is 35.5. The Morgan fingerprint density at radius 2 is 1.94 bits per heavy atom. The number of nitrogens with zero attached hydrogens (tertiary/aromatic N) is 3. The molecule has 0 N–H and O–H groups in total. The third kappa shape index (κ3) is 4.14. The number of fused-ring (bicyclic) bond motifs is 3. The average molecular weight is 484 g/mol. The van der Waals surface area contributed by atoms with Gasteiger partial charge in [-0.05, 0) is 55.9 Å². The standard InChI is InChI=1S/C22H30ClN3O5S/c23-16-6-7-21-19(13-16)20-5-1-3-18(26(20)32(21,28)29)15-31-22(27)25-8-2-4-17(14-25)24-9-11-30-12-10-24/h6-7,13,17-18,20H,1-5,8-12,14-15H2/t17?,18-,20+/m1/s1. The fourth-order valence-electron chi connectivity index (χ4n) is 5.62. The van der Waals surface area contributed by atoms with Crippen LogP contribution >= 0.6 is 11.6 Å².